The molecule has 0 fully saturated rings. The van der Waals surface area contributed by atoms with Crippen molar-refractivity contribution in [3.8, 4) is 17.0 Å². The van der Waals surface area contributed by atoms with Gasteiger partial charge in [0.2, 0.25) is 0 Å². The molecule has 0 aliphatic heterocycles. The number of hydrogen-bond acceptors (Lipinski definition) is 3. The largest absolute Gasteiger partial charge is 0.493 e. The van der Waals surface area contributed by atoms with E-state index in [1.807, 2.05) is 36.4 Å². The fourth-order valence-electron chi connectivity index (χ4n) is 2.08. The predicted molar refractivity (Wildman–Crippen MR) is 90.1 cm³/mol. The molecule has 2 aromatic rings. The Morgan fingerprint density at radius 3 is 2.38 bits per heavy atom. The van der Waals surface area contributed by atoms with Crippen LogP contribution < -0.4 is 10.3 Å². The Bertz CT molecular complexity index is 659. The Labute approximate surface area is 131 Å². The van der Waals surface area contributed by atoms with E-state index in [1.54, 1.807) is 11.6 Å². The second-order valence-corrected chi connectivity index (χ2v) is 5.81. The minimum Gasteiger partial charge on any atom is -0.493 e. The van der Waals surface area contributed by atoms with Crippen molar-refractivity contribution in [3.63, 3.8) is 0 Å². The first-order chi connectivity index (χ1) is 10.0. The third-order valence-electron chi connectivity index (χ3n) is 3.29. The summed E-state index contributed by atoms with van der Waals surface area (Å²) < 4.78 is 7.33. The van der Waals surface area contributed by atoms with Crippen LogP contribution in [0.2, 0.25) is 0 Å². The number of aromatic nitrogens is 1. The maximum Gasteiger partial charge on any atom is 0.254 e. The smallest absolute Gasteiger partial charge is 0.254 e. The highest BCUT2D eigenvalue weighted by atomic mass is 32.1. The fourth-order valence-corrected chi connectivity index (χ4v) is 2.32. The number of ether oxygens (including phenoxy) is 1. The molecule has 4 heteroatoms. The Kier molecular flexibility index (Phi) is 5.12. The highest BCUT2D eigenvalue weighted by molar-refractivity contribution is 7.79. The third kappa shape index (κ3) is 3.70. The van der Waals surface area contributed by atoms with Gasteiger partial charge in [0.1, 0.15) is 5.75 Å². The number of hydrogen-bond donors (Lipinski definition) is 1. The van der Waals surface area contributed by atoms with Crippen LogP contribution in [-0.2, 0) is 12.8 Å². The molecule has 0 N–H and O–H groups in total. The van der Waals surface area contributed by atoms with Crippen LogP contribution in [0, 0.1) is 5.92 Å². The summed E-state index contributed by atoms with van der Waals surface area (Å²) in [6, 6.07) is 11.6. The van der Waals surface area contributed by atoms with E-state index >= 15 is 0 Å². The molecule has 0 aliphatic carbocycles. The van der Waals surface area contributed by atoms with Gasteiger partial charge in [-0.05, 0) is 41.8 Å². The lowest BCUT2D eigenvalue weighted by atomic mass is 10.1. The lowest BCUT2D eigenvalue weighted by Crippen LogP contribution is -2.21. The van der Waals surface area contributed by atoms with Gasteiger partial charge in [0.25, 0.3) is 5.56 Å². The SMILES string of the molecule is CC(C)COc1ccc(-c2ccc(CS)c(=O)n2C)cc1. The van der Waals surface area contributed by atoms with Crippen LogP contribution in [0.3, 0.4) is 0 Å². The average molecular weight is 303 g/mol. The van der Waals surface area contributed by atoms with Gasteiger partial charge in [-0.1, -0.05) is 19.9 Å². The predicted octanol–water partition coefficient (Wildman–Crippen LogP) is 3.52. The molecule has 112 valence electrons. The third-order valence-corrected chi connectivity index (χ3v) is 3.63. The molecule has 0 atom stereocenters. The van der Waals surface area contributed by atoms with E-state index in [4.69, 9.17) is 4.74 Å². The van der Waals surface area contributed by atoms with E-state index in [9.17, 15) is 4.79 Å². The quantitative estimate of drug-likeness (QED) is 0.857. The Balaban J connectivity index is 2.27. The van der Waals surface area contributed by atoms with E-state index in [0.717, 1.165) is 17.0 Å². The van der Waals surface area contributed by atoms with Crippen molar-refractivity contribution in [2.45, 2.75) is 19.6 Å². The van der Waals surface area contributed by atoms with Gasteiger partial charge in [0, 0.05) is 18.4 Å². The van der Waals surface area contributed by atoms with Crippen molar-refractivity contribution < 1.29 is 4.74 Å². The van der Waals surface area contributed by atoms with Gasteiger partial charge in [0.15, 0.2) is 0 Å². The molecule has 21 heavy (non-hydrogen) atoms. The number of thiol groups is 1. The lowest BCUT2D eigenvalue weighted by molar-refractivity contribution is 0.271. The van der Waals surface area contributed by atoms with E-state index in [1.165, 1.54) is 0 Å². The second kappa shape index (κ2) is 6.85. The topological polar surface area (TPSA) is 31.2 Å². The molecule has 1 aromatic carbocycles. The highest BCUT2D eigenvalue weighted by Crippen LogP contribution is 2.22. The second-order valence-electron chi connectivity index (χ2n) is 5.50. The Morgan fingerprint density at radius 2 is 1.81 bits per heavy atom. The molecule has 0 spiro atoms. The van der Waals surface area contributed by atoms with E-state index < -0.39 is 0 Å². The minimum atomic E-state index is 0.00244. The molecule has 2 rings (SSSR count). The zero-order valence-corrected chi connectivity index (χ0v) is 13.6. The number of rotatable bonds is 5. The number of benzene rings is 1. The molecule has 1 aromatic heterocycles. The van der Waals surface area contributed by atoms with Crippen molar-refractivity contribution >= 4 is 12.6 Å². The van der Waals surface area contributed by atoms with Crippen molar-refractivity contribution in [1.82, 2.24) is 4.57 Å². The van der Waals surface area contributed by atoms with E-state index in [0.29, 0.717) is 23.8 Å². The van der Waals surface area contributed by atoms with Crippen molar-refractivity contribution in [2.75, 3.05) is 6.61 Å². The van der Waals surface area contributed by atoms with Crippen molar-refractivity contribution in [3.05, 3.63) is 52.3 Å². The zero-order valence-electron chi connectivity index (χ0n) is 12.7. The molecule has 0 amide bonds. The summed E-state index contributed by atoms with van der Waals surface area (Å²) in [6.07, 6.45) is 0. The van der Waals surface area contributed by atoms with Gasteiger partial charge < -0.3 is 9.30 Å². The fraction of sp³-hybridized carbons (Fsp3) is 0.353. The average Bonchev–Trinajstić information content (AvgIpc) is 2.48. The summed E-state index contributed by atoms with van der Waals surface area (Å²) in [7, 11) is 1.79. The van der Waals surface area contributed by atoms with Gasteiger partial charge >= 0.3 is 0 Å². The normalized spacial score (nSPS) is 10.9. The summed E-state index contributed by atoms with van der Waals surface area (Å²) in [4.78, 5) is 12.1. The van der Waals surface area contributed by atoms with Gasteiger partial charge in [0.05, 0.1) is 12.3 Å². The van der Waals surface area contributed by atoms with Crippen LogP contribution in [0.15, 0.2) is 41.2 Å². The van der Waals surface area contributed by atoms with Crippen molar-refractivity contribution in [2.24, 2.45) is 13.0 Å². The molecular formula is C17H21NO2S. The van der Waals surface area contributed by atoms with Crippen LogP contribution in [0.1, 0.15) is 19.4 Å². The minimum absolute atomic E-state index is 0.00244. The monoisotopic (exact) mass is 303 g/mol. The summed E-state index contributed by atoms with van der Waals surface area (Å²) >= 11 is 4.17. The lowest BCUT2D eigenvalue weighted by Gasteiger charge is -2.12. The first-order valence-electron chi connectivity index (χ1n) is 7.06. The van der Waals surface area contributed by atoms with Gasteiger partial charge in [-0.3, -0.25) is 4.79 Å². The Morgan fingerprint density at radius 1 is 1.14 bits per heavy atom. The molecule has 0 saturated carbocycles. The van der Waals surface area contributed by atoms with Crippen molar-refractivity contribution in [1.29, 1.82) is 0 Å². The van der Waals surface area contributed by atoms with Gasteiger partial charge in [-0.25, -0.2) is 0 Å². The standard InChI is InChI=1S/C17H21NO2S/c1-12(2)10-20-15-7-4-13(5-8-15)16-9-6-14(11-21)17(19)18(16)3/h4-9,12,21H,10-11H2,1-3H3. The molecule has 0 bridgehead atoms. The first kappa shape index (κ1) is 15.7. The van der Waals surface area contributed by atoms with E-state index in [-0.39, 0.29) is 5.56 Å². The van der Waals surface area contributed by atoms with Crippen LogP contribution >= 0.6 is 12.6 Å². The van der Waals surface area contributed by atoms with Crippen LogP contribution in [0.25, 0.3) is 11.3 Å². The zero-order chi connectivity index (χ0) is 15.4. The summed E-state index contributed by atoms with van der Waals surface area (Å²) in [5.41, 5.74) is 2.60. The van der Waals surface area contributed by atoms with Crippen LogP contribution in [0.4, 0.5) is 0 Å². The summed E-state index contributed by atoms with van der Waals surface area (Å²) in [5.74, 6) is 1.80. The van der Waals surface area contributed by atoms with E-state index in [2.05, 4.69) is 26.5 Å². The maximum absolute atomic E-state index is 12.1. The van der Waals surface area contributed by atoms with Gasteiger partial charge in [-0.15, -0.1) is 0 Å². The molecule has 0 unspecified atom stereocenters. The molecule has 0 radical (unpaired) electrons. The summed E-state index contributed by atoms with van der Waals surface area (Å²) in [6.45, 7) is 4.94. The molecule has 1 heterocycles. The number of nitrogens with zero attached hydrogens (tertiary/aromatic N) is 1. The highest BCUT2D eigenvalue weighted by Gasteiger charge is 2.07. The first-order valence-corrected chi connectivity index (χ1v) is 7.69. The summed E-state index contributed by atoms with van der Waals surface area (Å²) in [5, 5.41) is 0. The Hall–Kier alpha value is -1.68. The van der Waals surface area contributed by atoms with Crippen LogP contribution in [-0.4, -0.2) is 11.2 Å². The molecular weight excluding hydrogens is 282 g/mol. The molecule has 0 aliphatic rings. The van der Waals surface area contributed by atoms with Crippen LogP contribution in [0.5, 0.6) is 5.75 Å². The maximum atomic E-state index is 12.1. The number of pyridine rings is 1. The molecule has 3 nitrogen and oxygen atoms in total. The molecule has 0 saturated heterocycles. The van der Waals surface area contributed by atoms with Gasteiger partial charge in [-0.2, -0.15) is 12.6 Å².